The molecule has 1 saturated heterocycles. The van der Waals surface area contributed by atoms with Crippen LogP contribution >= 0.6 is 0 Å². The lowest BCUT2D eigenvalue weighted by Gasteiger charge is -2.31. The van der Waals surface area contributed by atoms with Gasteiger partial charge in [0.25, 0.3) is 0 Å². The number of amides is 1. The minimum Gasteiger partial charge on any atom is -0.497 e. The minimum absolute atomic E-state index is 0.00997. The summed E-state index contributed by atoms with van der Waals surface area (Å²) >= 11 is 0. The molecule has 0 aromatic heterocycles. The number of methoxy groups -OCH3 is 1. The lowest BCUT2D eigenvalue weighted by molar-refractivity contribution is -0.127. The summed E-state index contributed by atoms with van der Waals surface area (Å²) in [7, 11) is 1.68. The number of carbonyl (C=O) groups excluding carboxylic acids is 1. The molecule has 2 N–H and O–H groups in total. The van der Waals surface area contributed by atoms with Gasteiger partial charge in [0.2, 0.25) is 5.91 Å². The Morgan fingerprint density at radius 3 is 2.92 bits per heavy atom. The first-order valence-electron chi connectivity index (χ1n) is 9.46. The van der Waals surface area contributed by atoms with E-state index in [1.54, 1.807) is 7.11 Å². The number of rotatable bonds is 6. The van der Waals surface area contributed by atoms with Gasteiger partial charge in [-0.2, -0.15) is 0 Å². The lowest BCUT2D eigenvalue weighted by Crippen LogP contribution is -2.40. The van der Waals surface area contributed by atoms with E-state index in [2.05, 4.69) is 22.3 Å². The van der Waals surface area contributed by atoms with Crippen LogP contribution in [0.3, 0.4) is 0 Å². The summed E-state index contributed by atoms with van der Waals surface area (Å²) in [6.45, 7) is 2.63. The molecule has 0 radical (unpaired) electrons. The van der Waals surface area contributed by atoms with E-state index in [-0.39, 0.29) is 12.3 Å². The Morgan fingerprint density at radius 2 is 2.16 bits per heavy atom. The fraction of sp³-hybridized carbons (Fsp3) is 0.650. The van der Waals surface area contributed by atoms with Crippen molar-refractivity contribution in [1.29, 1.82) is 0 Å². The molecule has 1 saturated carbocycles. The summed E-state index contributed by atoms with van der Waals surface area (Å²) < 4.78 is 5.29. The quantitative estimate of drug-likeness (QED) is 0.831. The Balaban J connectivity index is 1.44. The highest BCUT2D eigenvalue weighted by atomic mass is 16.5. The van der Waals surface area contributed by atoms with E-state index in [1.165, 1.54) is 12.1 Å². The molecule has 2 fully saturated rings. The second kappa shape index (κ2) is 8.09. The van der Waals surface area contributed by atoms with Gasteiger partial charge >= 0.3 is 0 Å². The van der Waals surface area contributed by atoms with E-state index in [1.807, 2.05) is 12.1 Å². The Morgan fingerprint density at radius 1 is 1.36 bits per heavy atom. The van der Waals surface area contributed by atoms with Crippen LogP contribution in [0.25, 0.3) is 0 Å². The summed E-state index contributed by atoms with van der Waals surface area (Å²) in [6, 6.07) is 8.11. The molecule has 1 aliphatic carbocycles. The monoisotopic (exact) mass is 346 g/mol. The van der Waals surface area contributed by atoms with E-state index < -0.39 is 5.60 Å². The first kappa shape index (κ1) is 18.1. The van der Waals surface area contributed by atoms with Crippen LogP contribution in [0.15, 0.2) is 24.3 Å². The number of ether oxygens (including phenoxy) is 1. The molecule has 1 unspecified atom stereocenters. The number of benzene rings is 1. The number of hydrogen-bond donors (Lipinski definition) is 2. The average molecular weight is 346 g/mol. The van der Waals surface area contributed by atoms with Crippen LogP contribution in [0.2, 0.25) is 0 Å². The number of hydrogen-bond acceptors (Lipinski definition) is 4. The van der Waals surface area contributed by atoms with Crippen molar-refractivity contribution in [3.05, 3.63) is 24.3 Å². The van der Waals surface area contributed by atoms with Crippen LogP contribution in [-0.2, 0) is 4.79 Å². The van der Waals surface area contributed by atoms with Crippen molar-refractivity contribution < 1.29 is 14.6 Å². The SMILES string of the molecule is COc1cccc(N2CCC(CNC(=O)CC3(O)CCCCC3)C2)c1. The van der Waals surface area contributed by atoms with Crippen molar-refractivity contribution in [2.24, 2.45) is 5.92 Å². The Bertz CT molecular complexity index is 584. The molecule has 1 atom stereocenters. The van der Waals surface area contributed by atoms with E-state index in [9.17, 15) is 9.90 Å². The molecule has 1 aromatic rings. The van der Waals surface area contributed by atoms with Gasteiger partial charge in [0.15, 0.2) is 0 Å². The Hall–Kier alpha value is -1.75. The first-order valence-corrected chi connectivity index (χ1v) is 9.46. The maximum absolute atomic E-state index is 12.2. The summed E-state index contributed by atoms with van der Waals surface area (Å²) in [5.41, 5.74) is 0.398. The highest BCUT2D eigenvalue weighted by Gasteiger charge is 2.32. The predicted octanol–water partition coefficient (Wildman–Crippen LogP) is 2.72. The molecular weight excluding hydrogens is 316 g/mol. The molecular formula is C20H30N2O3. The number of nitrogens with zero attached hydrogens (tertiary/aromatic N) is 1. The van der Waals surface area contributed by atoms with E-state index in [0.717, 1.165) is 50.9 Å². The molecule has 0 spiro atoms. The zero-order valence-electron chi connectivity index (χ0n) is 15.2. The van der Waals surface area contributed by atoms with E-state index in [4.69, 9.17) is 4.74 Å². The first-order chi connectivity index (χ1) is 12.1. The van der Waals surface area contributed by atoms with Gasteiger partial charge < -0.3 is 20.1 Å². The van der Waals surface area contributed by atoms with Crippen molar-refractivity contribution in [3.8, 4) is 5.75 Å². The van der Waals surface area contributed by atoms with Gasteiger partial charge in [-0.1, -0.05) is 25.3 Å². The van der Waals surface area contributed by atoms with Gasteiger partial charge in [-0.25, -0.2) is 0 Å². The molecule has 5 nitrogen and oxygen atoms in total. The normalized spacial score (nSPS) is 22.6. The zero-order valence-corrected chi connectivity index (χ0v) is 15.2. The van der Waals surface area contributed by atoms with Gasteiger partial charge in [-0.15, -0.1) is 0 Å². The molecule has 25 heavy (non-hydrogen) atoms. The van der Waals surface area contributed by atoms with Gasteiger partial charge in [-0.3, -0.25) is 4.79 Å². The van der Waals surface area contributed by atoms with Gasteiger partial charge in [0.1, 0.15) is 5.75 Å². The molecule has 1 aliphatic heterocycles. The molecule has 1 amide bonds. The van der Waals surface area contributed by atoms with Crippen molar-refractivity contribution in [3.63, 3.8) is 0 Å². The third kappa shape index (κ3) is 4.88. The second-order valence-corrected chi connectivity index (χ2v) is 7.57. The molecule has 138 valence electrons. The van der Waals surface area contributed by atoms with Crippen LogP contribution < -0.4 is 15.0 Å². The van der Waals surface area contributed by atoms with Gasteiger partial charge in [-0.05, 0) is 37.3 Å². The van der Waals surface area contributed by atoms with Crippen LogP contribution in [0.1, 0.15) is 44.9 Å². The molecule has 1 heterocycles. The number of carbonyl (C=O) groups is 1. The maximum atomic E-state index is 12.2. The largest absolute Gasteiger partial charge is 0.497 e. The maximum Gasteiger partial charge on any atom is 0.222 e. The molecule has 3 rings (SSSR count). The van der Waals surface area contributed by atoms with Crippen LogP contribution in [0.5, 0.6) is 5.75 Å². The third-order valence-corrected chi connectivity index (χ3v) is 5.57. The Kier molecular flexibility index (Phi) is 5.84. The van der Waals surface area contributed by atoms with Crippen LogP contribution in [-0.4, -0.2) is 43.4 Å². The molecule has 0 bridgehead atoms. The molecule has 2 aliphatic rings. The zero-order chi connectivity index (χ0) is 17.7. The Labute approximate surface area is 150 Å². The second-order valence-electron chi connectivity index (χ2n) is 7.57. The predicted molar refractivity (Wildman–Crippen MR) is 99.0 cm³/mol. The average Bonchev–Trinajstić information content (AvgIpc) is 3.09. The van der Waals surface area contributed by atoms with Crippen LogP contribution in [0.4, 0.5) is 5.69 Å². The smallest absolute Gasteiger partial charge is 0.222 e. The molecule has 1 aromatic carbocycles. The standard InChI is InChI=1S/C20H30N2O3/c1-25-18-7-5-6-17(12-18)22-11-8-16(15-22)14-21-19(23)13-20(24)9-3-2-4-10-20/h5-7,12,16,24H,2-4,8-11,13-15H2,1H3,(H,21,23). The van der Waals surface area contributed by atoms with Crippen molar-refractivity contribution in [2.75, 3.05) is 31.6 Å². The van der Waals surface area contributed by atoms with E-state index in [0.29, 0.717) is 12.5 Å². The number of aliphatic hydroxyl groups is 1. The van der Waals surface area contributed by atoms with Crippen molar-refractivity contribution >= 4 is 11.6 Å². The number of anilines is 1. The van der Waals surface area contributed by atoms with Crippen LogP contribution in [0, 0.1) is 5.92 Å². The fourth-order valence-electron chi connectivity index (χ4n) is 4.05. The minimum atomic E-state index is -0.773. The lowest BCUT2D eigenvalue weighted by atomic mass is 9.82. The van der Waals surface area contributed by atoms with Gasteiger partial charge in [0.05, 0.1) is 19.1 Å². The third-order valence-electron chi connectivity index (χ3n) is 5.57. The fourth-order valence-corrected chi connectivity index (χ4v) is 4.05. The number of nitrogens with one attached hydrogen (secondary N) is 1. The van der Waals surface area contributed by atoms with Crippen molar-refractivity contribution in [1.82, 2.24) is 5.32 Å². The highest BCUT2D eigenvalue weighted by molar-refractivity contribution is 5.77. The van der Waals surface area contributed by atoms with E-state index >= 15 is 0 Å². The summed E-state index contributed by atoms with van der Waals surface area (Å²) in [4.78, 5) is 14.5. The summed E-state index contributed by atoms with van der Waals surface area (Å²) in [5.74, 6) is 1.32. The topological polar surface area (TPSA) is 61.8 Å². The molecule has 5 heteroatoms. The van der Waals surface area contributed by atoms with Gasteiger partial charge in [0, 0.05) is 31.4 Å². The highest BCUT2D eigenvalue weighted by Crippen LogP contribution is 2.31. The summed E-state index contributed by atoms with van der Waals surface area (Å²) in [5, 5.41) is 13.5. The summed E-state index contributed by atoms with van der Waals surface area (Å²) in [6.07, 6.45) is 6.07. The van der Waals surface area contributed by atoms with Crippen molar-refractivity contribution in [2.45, 2.75) is 50.5 Å².